The number of aromatic nitrogens is 4. The van der Waals surface area contributed by atoms with Crippen LogP contribution < -0.4 is 11.1 Å². The largest absolute Gasteiger partial charge is 0.369 e. The van der Waals surface area contributed by atoms with Crippen LogP contribution in [0.1, 0.15) is 64.9 Å². The number of hydrogen-bond donors (Lipinski definition) is 2. The highest BCUT2D eigenvalue weighted by Crippen LogP contribution is 2.28. The number of primary amides is 1. The van der Waals surface area contributed by atoms with Crippen LogP contribution in [0.2, 0.25) is 0 Å². The van der Waals surface area contributed by atoms with E-state index in [2.05, 4.69) is 26.8 Å². The van der Waals surface area contributed by atoms with Gasteiger partial charge in [0.25, 0.3) is 0 Å². The summed E-state index contributed by atoms with van der Waals surface area (Å²) in [4.78, 5) is 42.8. The van der Waals surface area contributed by atoms with Gasteiger partial charge in [-0.05, 0) is 66.5 Å². The van der Waals surface area contributed by atoms with Gasteiger partial charge in [-0.3, -0.25) is 14.4 Å². The molecule has 10 nitrogen and oxygen atoms in total. The molecule has 2 aromatic carbocycles. The molecule has 1 aliphatic rings. The molecule has 0 spiro atoms. The van der Waals surface area contributed by atoms with Crippen LogP contribution in [0.4, 0.5) is 0 Å². The molecule has 3 amide bonds. The van der Waals surface area contributed by atoms with E-state index < -0.39 is 23.8 Å². The number of nitrogens with two attached hydrogens (primary N) is 1. The Hall–Kier alpha value is -4.08. The molecule has 3 atom stereocenters. The number of likely N-dealkylation sites (tertiary alicyclic amines) is 1. The quantitative estimate of drug-likeness (QED) is 0.346. The third kappa shape index (κ3) is 7.56. The average Bonchev–Trinajstić information content (AvgIpc) is 3.45. The number of hydrogen-bond acceptors (Lipinski definition) is 6. The van der Waals surface area contributed by atoms with Gasteiger partial charge in [0.15, 0.2) is 6.33 Å². The molecule has 3 N–H and O–H groups in total. The van der Waals surface area contributed by atoms with Crippen molar-refractivity contribution in [2.45, 2.75) is 71.9 Å². The molecule has 2 heterocycles. The molecule has 41 heavy (non-hydrogen) atoms. The number of rotatable bonds is 12. The molecule has 0 aliphatic carbocycles. The summed E-state index contributed by atoms with van der Waals surface area (Å²) >= 11 is 0. The van der Waals surface area contributed by atoms with E-state index in [1.807, 2.05) is 68.1 Å². The Morgan fingerprint density at radius 1 is 1.10 bits per heavy atom. The van der Waals surface area contributed by atoms with E-state index in [9.17, 15) is 14.4 Å². The van der Waals surface area contributed by atoms with E-state index in [4.69, 9.17) is 5.73 Å². The smallest absolute Gasteiger partial charge is 0.245 e. The first-order valence-electron chi connectivity index (χ1n) is 14.6. The first-order chi connectivity index (χ1) is 19.8. The summed E-state index contributed by atoms with van der Waals surface area (Å²) in [5.41, 5.74) is 9.46. The van der Waals surface area contributed by atoms with Crippen LogP contribution >= 0.6 is 0 Å². The van der Waals surface area contributed by atoms with Crippen molar-refractivity contribution in [3.05, 3.63) is 60.4 Å². The van der Waals surface area contributed by atoms with Gasteiger partial charge in [-0.15, -0.1) is 15.0 Å². The molecule has 1 aliphatic heterocycles. The fourth-order valence-corrected chi connectivity index (χ4v) is 5.71. The van der Waals surface area contributed by atoms with Crippen molar-refractivity contribution in [1.29, 1.82) is 0 Å². The minimum Gasteiger partial charge on any atom is -0.369 e. The van der Waals surface area contributed by atoms with Gasteiger partial charge >= 0.3 is 0 Å². The van der Waals surface area contributed by atoms with Gasteiger partial charge < -0.3 is 16.0 Å². The maximum atomic E-state index is 13.7. The first kappa shape index (κ1) is 29.9. The zero-order chi connectivity index (χ0) is 29.4. The van der Waals surface area contributed by atoms with E-state index >= 15 is 0 Å². The Bertz CT molecular complexity index is 1320. The van der Waals surface area contributed by atoms with Crippen molar-refractivity contribution in [2.24, 2.45) is 23.5 Å². The van der Waals surface area contributed by atoms with Gasteiger partial charge in [0.1, 0.15) is 6.04 Å². The Balaban J connectivity index is 1.51. The van der Waals surface area contributed by atoms with E-state index in [0.717, 1.165) is 41.6 Å². The van der Waals surface area contributed by atoms with Crippen molar-refractivity contribution in [3.8, 4) is 16.8 Å². The maximum Gasteiger partial charge on any atom is 0.245 e. The van der Waals surface area contributed by atoms with Crippen LogP contribution in [0.5, 0.6) is 0 Å². The third-order valence-electron chi connectivity index (χ3n) is 7.69. The fraction of sp³-hybridized carbons (Fsp3) is 0.484. The van der Waals surface area contributed by atoms with Crippen LogP contribution in [-0.4, -0.2) is 55.4 Å². The molecule has 1 saturated heterocycles. The van der Waals surface area contributed by atoms with Gasteiger partial charge in [0, 0.05) is 30.5 Å². The van der Waals surface area contributed by atoms with Crippen LogP contribution in [0.3, 0.4) is 0 Å². The number of nitrogens with zero attached hydrogens (tertiary/aromatic N) is 5. The summed E-state index contributed by atoms with van der Waals surface area (Å²) in [6.07, 6.45) is 5.50. The van der Waals surface area contributed by atoms with Crippen LogP contribution in [0.15, 0.2) is 54.9 Å². The highest BCUT2D eigenvalue weighted by Gasteiger charge is 2.35. The molecule has 0 bridgehead atoms. The summed E-state index contributed by atoms with van der Waals surface area (Å²) in [6.45, 7) is 7.06. The van der Waals surface area contributed by atoms with Crippen LogP contribution in [0, 0.1) is 17.8 Å². The second-order valence-electron chi connectivity index (χ2n) is 11.3. The van der Waals surface area contributed by atoms with Gasteiger partial charge in [-0.1, -0.05) is 63.6 Å². The second-order valence-corrected chi connectivity index (χ2v) is 11.3. The maximum absolute atomic E-state index is 13.7. The van der Waals surface area contributed by atoms with E-state index in [1.165, 1.54) is 11.1 Å². The third-order valence-corrected chi connectivity index (χ3v) is 7.69. The lowest BCUT2D eigenvalue weighted by molar-refractivity contribution is -0.139. The fourth-order valence-electron chi connectivity index (χ4n) is 5.71. The zero-order valence-electron chi connectivity index (χ0n) is 24.2. The standard InChI is InChI=1S/C31H41N7O3/c1-4-10-25(26(29(32)39)17-21(2)3)30(40)35-27-14-7-8-16-37(31(27)41)19-22-11-9-12-23(18-22)24-13-5-6-15-28(24)38-34-20-33-36-38/h5-6,9,11-13,15,18,20-21,25-27H,4,7-8,10,14,16-17,19H2,1-3H3,(H2,32,39)(H,35,40)/t25?,26?,27-/m0/s1. The highest BCUT2D eigenvalue weighted by molar-refractivity contribution is 5.91. The molecule has 218 valence electrons. The molecule has 4 rings (SSSR count). The Morgan fingerprint density at radius 2 is 1.90 bits per heavy atom. The number of carbonyl (C=O) groups is 3. The Morgan fingerprint density at radius 3 is 2.61 bits per heavy atom. The van der Waals surface area contributed by atoms with Crippen molar-refractivity contribution >= 4 is 17.7 Å². The molecule has 3 aromatic rings. The summed E-state index contributed by atoms with van der Waals surface area (Å²) in [7, 11) is 0. The van der Waals surface area contributed by atoms with Gasteiger partial charge in [0.2, 0.25) is 17.7 Å². The summed E-state index contributed by atoms with van der Waals surface area (Å²) < 4.78 is 0. The topological polar surface area (TPSA) is 136 Å². The lowest BCUT2D eigenvalue weighted by Crippen LogP contribution is -2.50. The zero-order valence-corrected chi connectivity index (χ0v) is 24.2. The molecule has 1 aromatic heterocycles. The number of benzene rings is 2. The lowest BCUT2D eigenvalue weighted by atomic mass is 9.81. The molecule has 2 unspecified atom stereocenters. The minimum absolute atomic E-state index is 0.0943. The van der Waals surface area contributed by atoms with Gasteiger partial charge in [-0.2, -0.15) is 0 Å². The number of carbonyl (C=O) groups excluding carboxylic acids is 3. The number of amides is 3. The highest BCUT2D eigenvalue weighted by atomic mass is 16.2. The molecule has 0 saturated carbocycles. The predicted molar refractivity (Wildman–Crippen MR) is 156 cm³/mol. The number of tetrazole rings is 1. The van der Waals surface area contributed by atoms with E-state index in [-0.39, 0.29) is 17.7 Å². The van der Waals surface area contributed by atoms with E-state index in [1.54, 1.807) is 0 Å². The monoisotopic (exact) mass is 559 g/mol. The van der Waals surface area contributed by atoms with E-state index in [0.29, 0.717) is 32.4 Å². The van der Waals surface area contributed by atoms with Crippen LogP contribution in [-0.2, 0) is 20.9 Å². The SMILES string of the molecule is CCCC(C(=O)N[C@H]1CCCCN(Cc2cccc(-c3ccccc3-n3ncnn3)c2)C1=O)C(CC(C)C)C(N)=O. The van der Waals surface area contributed by atoms with Gasteiger partial charge in [0.05, 0.1) is 5.69 Å². The molecule has 10 heteroatoms. The molecule has 0 radical (unpaired) electrons. The van der Waals surface area contributed by atoms with Crippen molar-refractivity contribution < 1.29 is 14.4 Å². The summed E-state index contributed by atoms with van der Waals surface area (Å²) in [5.74, 6) is -1.67. The molecular weight excluding hydrogens is 518 g/mol. The average molecular weight is 560 g/mol. The van der Waals surface area contributed by atoms with Crippen molar-refractivity contribution in [2.75, 3.05) is 6.54 Å². The lowest BCUT2D eigenvalue weighted by Gasteiger charge is -2.29. The summed E-state index contributed by atoms with van der Waals surface area (Å²) in [5, 5.41) is 15.1. The second kappa shape index (κ2) is 14.0. The normalized spacial score (nSPS) is 17.2. The Kier molecular flexibility index (Phi) is 10.2. The van der Waals surface area contributed by atoms with Crippen molar-refractivity contribution in [3.63, 3.8) is 0 Å². The number of para-hydroxylation sites is 1. The molecule has 1 fully saturated rings. The summed E-state index contributed by atoms with van der Waals surface area (Å²) in [6, 6.07) is 15.3. The predicted octanol–water partition coefficient (Wildman–Crippen LogP) is 3.89. The van der Waals surface area contributed by atoms with Crippen LogP contribution in [0.25, 0.3) is 16.8 Å². The molecular formula is C31H41N7O3. The Labute approximate surface area is 241 Å². The number of nitrogens with one attached hydrogen (secondary N) is 1. The van der Waals surface area contributed by atoms with Gasteiger partial charge in [-0.25, -0.2) is 0 Å². The minimum atomic E-state index is -0.626. The first-order valence-corrected chi connectivity index (χ1v) is 14.6. The van der Waals surface area contributed by atoms with Crippen molar-refractivity contribution in [1.82, 2.24) is 30.4 Å².